The molecule has 0 unspecified atom stereocenters. The van der Waals surface area contributed by atoms with E-state index in [4.69, 9.17) is 4.74 Å². The predicted molar refractivity (Wildman–Crippen MR) is 102 cm³/mol. The number of carbonyl (C=O) groups is 1. The van der Waals surface area contributed by atoms with Crippen molar-refractivity contribution in [3.05, 3.63) is 59.7 Å². The highest BCUT2D eigenvalue weighted by atomic mass is 16.5. The van der Waals surface area contributed by atoms with Crippen LogP contribution in [0.15, 0.2) is 48.5 Å². The van der Waals surface area contributed by atoms with E-state index in [2.05, 4.69) is 29.3 Å². The second kappa shape index (κ2) is 8.67. The summed E-state index contributed by atoms with van der Waals surface area (Å²) in [5, 5.41) is 2.97. The number of ether oxygens (including phenoxy) is 1. The minimum Gasteiger partial charge on any atom is -0.378 e. The number of nitrogens with zero attached hydrogens (tertiary/aromatic N) is 1. The molecule has 0 atom stereocenters. The number of carbonyl (C=O) groups excluding carboxylic acids is 1. The maximum atomic E-state index is 12.4. The molecular weight excluding hydrogens is 312 g/mol. The standard InChI is InChI=1S/C21H26N2O2/c1-2-3-4-17-5-7-18(8-6-17)21(24)22-19-9-11-20(12-10-19)23-13-15-25-16-14-23/h5-12H,2-4,13-16H2,1H3,(H,22,24). The Bertz CT molecular complexity index is 674. The van der Waals surface area contributed by atoms with Crippen LogP contribution in [0.3, 0.4) is 0 Å². The fourth-order valence-electron chi connectivity index (χ4n) is 2.98. The molecule has 132 valence electrons. The first kappa shape index (κ1) is 17.5. The van der Waals surface area contributed by atoms with Gasteiger partial charge in [-0.15, -0.1) is 0 Å². The Labute approximate surface area is 149 Å². The molecule has 0 radical (unpaired) electrons. The highest BCUT2D eigenvalue weighted by Crippen LogP contribution is 2.19. The summed E-state index contributed by atoms with van der Waals surface area (Å²) in [6, 6.07) is 15.9. The number of morpholine rings is 1. The summed E-state index contributed by atoms with van der Waals surface area (Å²) in [6.07, 6.45) is 3.44. The van der Waals surface area contributed by atoms with E-state index >= 15 is 0 Å². The summed E-state index contributed by atoms with van der Waals surface area (Å²) in [7, 11) is 0. The molecule has 0 aromatic heterocycles. The lowest BCUT2D eigenvalue weighted by atomic mass is 10.1. The van der Waals surface area contributed by atoms with Gasteiger partial charge in [-0.05, 0) is 54.8 Å². The van der Waals surface area contributed by atoms with Gasteiger partial charge < -0.3 is 15.0 Å². The van der Waals surface area contributed by atoms with E-state index in [0.29, 0.717) is 5.56 Å². The van der Waals surface area contributed by atoms with Crippen LogP contribution in [0, 0.1) is 0 Å². The summed E-state index contributed by atoms with van der Waals surface area (Å²) in [5.41, 5.74) is 3.96. The number of aryl methyl sites for hydroxylation is 1. The minimum absolute atomic E-state index is 0.0684. The van der Waals surface area contributed by atoms with Crippen molar-refractivity contribution in [1.82, 2.24) is 0 Å². The zero-order valence-electron chi connectivity index (χ0n) is 14.8. The molecule has 25 heavy (non-hydrogen) atoms. The number of unbranched alkanes of at least 4 members (excludes halogenated alkanes) is 1. The van der Waals surface area contributed by atoms with Gasteiger partial charge in [0.2, 0.25) is 0 Å². The number of rotatable bonds is 6. The van der Waals surface area contributed by atoms with Crippen molar-refractivity contribution in [1.29, 1.82) is 0 Å². The summed E-state index contributed by atoms with van der Waals surface area (Å²) in [5.74, 6) is -0.0684. The molecule has 2 aromatic carbocycles. The topological polar surface area (TPSA) is 41.6 Å². The second-order valence-electron chi connectivity index (χ2n) is 6.40. The molecule has 1 amide bonds. The molecular formula is C21H26N2O2. The van der Waals surface area contributed by atoms with E-state index in [1.807, 2.05) is 36.4 Å². The molecule has 4 nitrogen and oxygen atoms in total. The Hall–Kier alpha value is -2.33. The van der Waals surface area contributed by atoms with E-state index in [-0.39, 0.29) is 5.91 Å². The van der Waals surface area contributed by atoms with Crippen molar-refractivity contribution in [3.8, 4) is 0 Å². The van der Waals surface area contributed by atoms with Gasteiger partial charge in [0.1, 0.15) is 0 Å². The third-order valence-corrected chi connectivity index (χ3v) is 4.54. The van der Waals surface area contributed by atoms with Gasteiger partial charge in [-0.3, -0.25) is 4.79 Å². The van der Waals surface area contributed by atoms with E-state index in [9.17, 15) is 4.79 Å². The van der Waals surface area contributed by atoms with Gasteiger partial charge >= 0.3 is 0 Å². The van der Waals surface area contributed by atoms with Crippen LogP contribution in [0.1, 0.15) is 35.7 Å². The molecule has 0 aliphatic carbocycles. The monoisotopic (exact) mass is 338 g/mol. The van der Waals surface area contributed by atoms with Gasteiger partial charge in [0.25, 0.3) is 5.91 Å². The largest absolute Gasteiger partial charge is 0.378 e. The molecule has 1 aliphatic rings. The van der Waals surface area contributed by atoms with E-state index in [1.165, 1.54) is 24.1 Å². The van der Waals surface area contributed by atoms with Gasteiger partial charge in [-0.1, -0.05) is 25.5 Å². The van der Waals surface area contributed by atoms with Gasteiger partial charge in [-0.25, -0.2) is 0 Å². The summed E-state index contributed by atoms with van der Waals surface area (Å²) < 4.78 is 5.38. The summed E-state index contributed by atoms with van der Waals surface area (Å²) in [4.78, 5) is 14.7. The maximum absolute atomic E-state index is 12.4. The highest BCUT2D eigenvalue weighted by Gasteiger charge is 2.11. The lowest BCUT2D eigenvalue weighted by Gasteiger charge is -2.28. The smallest absolute Gasteiger partial charge is 0.255 e. The van der Waals surface area contributed by atoms with Crippen LogP contribution in [-0.4, -0.2) is 32.2 Å². The fourth-order valence-corrected chi connectivity index (χ4v) is 2.98. The van der Waals surface area contributed by atoms with Crippen LogP contribution >= 0.6 is 0 Å². The SMILES string of the molecule is CCCCc1ccc(C(=O)Nc2ccc(N3CCOCC3)cc2)cc1. The summed E-state index contributed by atoms with van der Waals surface area (Å²) in [6.45, 7) is 5.55. The third-order valence-electron chi connectivity index (χ3n) is 4.54. The molecule has 3 rings (SSSR count). The number of anilines is 2. The molecule has 2 aromatic rings. The average Bonchev–Trinajstić information content (AvgIpc) is 2.68. The van der Waals surface area contributed by atoms with E-state index in [0.717, 1.165) is 38.4 Å². The van der Waals surface area contributed by atoms with E-state index in [1.54, 1.807) is 0 Å². The van der Waals surface area contributed by atoms with Crippen LogP contribution in [-0.2, 0) is 11.2 Å². The Kier molecular flexibility index (Phi) is 6.07. The second-order valence-corrected chi connectivity index (χ2v) is 6.40. The van der Waals surface area contributed by atoms with Crippen molar-refractivity contribution in [3.63, 3.8) is 0 Å². The molecule has 0 bridgehead atoms. The lowest BCUT2D eigenvalue weighted by Crippen LogP contribution is -2.36. The molecule has 1 fully saturated rings. The number of nitrogens with one attached hydrogen (secondary N) is 1. The Morgan fingerprint density at radius 1 is 1.04 bits per heavy atom. The molecule has 1 saturated heterocycles. The van der Waals surface area contributed by atoms with Gasteiger partial charge in [-0.2, -0.15) is 0 Å². The molecule has 1 N–H and O–H groups in total. The summed E-state index contributed by atoms with van der Waals surface area (Å²) >= 11 is 0. The Morgan fingerprint density at radius 2 is 1.72 bits per heavy atom. The first-order chi connectivity index (χ1) is 12.3. The normalized spacial score (nSPS) is 14.4. The van der Waals surface area contributed by atoms with Crippen molar-refractivity contribution in [2.45, 2.75) is 26.2 Å². The average molecular weight is 338 g/mol. The van der Waals surface area contributed by atoms with Crippen LogP contribution in [0.5, 0.6) is 0 Å². The number of amides is 1. The molecule has 1 aliphatic heterocycles. The third kappa shape index (κ3) is 4.83. The lowest BCUT2D eigenvalue weighted by molar-refractivity contribution is 0.102. The van der Waals surface area contributed by atoms with E-state index < -0.39 is 0 Å². The number of hydrogen-bond acceptors (Lipinski definition) is 3. The van der Waals surface area contributed by atoms with Crippen molar-refractivity contribution in [2.75, 3.05) is 36.5 Å². The number of hydrogen-bond donors (Lipinski definition) is 1. The van der Waals surface area contributed by atoms with Crippen molar-refractivity contribution >= 4 is 17.3 Å². The number of benzene rings is 2. The van der Waals surface area contributed by atoms with Crippen molar-refractivity contribution in [2.24, 2.45) is 0 Å². The Balaban J connectivity index is 1.58. The zero-order chi connectivity index (χ0) is 17.5. The van der Waals surface area contributed by atoms with Crippen LogP contribution in [0.2, 0.25) is 0 Å². The highest BCUT2D eigenvalue weighted by molar-refractivity contribution is 6.04. The zero-order valence-corrected chi connectivity index (χ0v) is 14.8. The van der Waals surface area contributed by atoms with Crippen LogP contribution in [0.4, 0.5) is 11.4 Å². The van der Waals surface area contributed by atoms with Crippen LogP contribution in [0.25, 0.3) is 0 Å². The van der Waals surface area contributed by atoms with Gasteiger partial charge in [0.05, 0.1) is 13.2 Å². The minimum atomic E-state index is -0.0684. The fraction of sp³-hybridized carbons (Fsp3) is 0.381. The van der Waals surface area contributed by atoms with Crippen molar-refractivity contribution < 1.29 is 9.53 Å². The first-order valence-corrected chi connectivity index (χ1v) is 9.09. The van der Waals surface area contributed by atoms with Gasteiger partial charge in [0.15, 0.2) is 0 Å². The molecule has 1 heterocycles. The van der Waals surface area contributed by atoms with Crippen LogP contribution < -0.4 is 10.2 Å². The predicted octanol–water partition coefficient (Wildman–Crippen LogP) is 4.12. The molecule has 0 spiro atoms. The molecule has 4 heteroatoms. The first-order valence-electron chi connectivity index (χ1n) is 9.09. The Morgan fingerprint density at radius 3 is 2.36 bits per heavy atom. The molecule has 0 saturated carbocycles. The quantitative estimate of drug-likeness (QED) is 0.861. The van der Waals surface area contributed by atoms with Gasteiger partial charge in [0, 0.05) is 30.0 Å². The maximum Gasteiger partial charge on any atom is 0.255 e.